The van der Waals surface area contributed by atoms with Gasteiger partial charge in [-0.25, -0.2) is 0 Å². The van der Waals surface area contributed by atoms with Gasteiger partial charge in [0.1, 0.15) is 24.9 Å². The molecule has 6 nitrogen and oxygen atoms in total. The van der Waals surface area contributed by atoms with Crippen LogP contribution >= 0.6 is 0 Å². The van der Waals surface area contributed by atoms with E-state index < -0.39 is 37.5 Å². The number of hydrogen-bond acceptors (Lipinski definition) is 6. The molecule has 0 aromatic carbocycles. The van der Waals surface area contributed by atoms with Gasteiger partial charge in [-0.3, -0.25) is 4.79 Å². The molecular formula is C7H14O6. The summed E-state index contributed by atoms with van der Waals surface area (Å²) in [4.78, 5) is 10.3. The zero-order valence-electron chi connectivity index (χ0n) is 7.25. The molecule has 6 heteroatoms. The molecule has 4 N–H and O–H groups in total. The lowest BCUT2D eigenvalue weighted by Gasteiger charge is -2.20. The summed E-state index contributed by atoms with van der Waals surface area (Å²) in [6.45, 7) is 0.0768. The van der Waals surface area contributed by atoms with E-state index in [4.69, 9.17) is 20.4 Å². The Morgan fingerprint density at radius 3 is 2.23 bits per heavy atom. The Balaban J connectivity index is 3.81. The van der Waals surface area contributed by atoms with Gasteiger partial charge in [0.15, 0.2) is 0 Å². The number of rotatable bonds is 5. The van der Waals surface area contributed by atoms with Gasteiger partial charge in [0, 0.05) is 6.92 Å². The van der Waals surface area contributed by atoms with Gasteiger partial charge >= 0.3 is 5.97 Å². The summed E-state index contributed by atoms with van der Waals surface area (Å²) in [5, 5.41) is 35.4. The first kappa shape index (κ1) is 12.3. The van der Waals surface area contributed by atoms with Gasteiger partial charge in [0.25, 0.3) is 0 Å². The molecule has 0 aliphatic rings. The van der Waals surface area contributed by atoms with Crippen LogP contribution in [-0.4, -0.2) is 57.9 Å². The lowest BCUT2D eigenvalue weighted by Crippen LogP contribution is -2.42. The van der Waals surface area contributed by atoms with Crippen LogP contribution in [0.4, 0.5) is 0 Å². The fraction of sp³-hybridized carbons (Fsp3) is 0.857. The molecule has 0 amide bonds. The molecule has 0 aliphatic heterocycles. The highest BCUT2D eigenvalue weighted by Crippen LogP contribution is 2.00. The fourth-order valence-corrected chi connectivity index (χ4v) is 0.666. The van der Waals surface area contributed by atoms with E-state index in [-0.39, 0.29) is 0 Å². The molecule has 0 spiro atoms. The summed E-state index contributed by atoms with van der Waals surface area (Å²) in [6.07, 6.45) is -4.36. The Morgan fingerprint density at radius 2 is 1.85 bits per heavy atom. The summed E-state index contributed by atoms with van der Waals surface area (Å²) in [5.74, 6) is -0.593. The highest BCUT2D eigenvalue weighted by Gasteiger charge is 2.24. The van der Waals surface area contributed by atoms with E-state index in [1.165, 1.54) is 0 Å². The highest BCUT2D eigenvalue weighted by atomic mass is 16.5. The number of esters is 1. The number of aliphatic hydroxyl groups is 4. The summed E-state index contributed by atoms with van der Waals surface area (Å²) < 4.78 is 4.38. The van der Waals surface area contributed by atoms with Crippen molar-refractivity contribution in [2.24, 2.45) is 0 Å². The van der Waals surface area contributed by atoms with Crippen LogP contribution < -0.4 is 0 Å². The standard InChI is InChI=1S/C7H14O6/c1-4(9)13-3-6(11)7(12)5(10)2-8/h5-8,10-12H,2-3H2,1H3. The molecule has 0 aliphatic carbocycles. The van der Waals surface area contributed by atoms with E-state index in [1.807, 2.05) is 0 Å². The van der Waals surface area contributed by atoms with E-state index >= 15 is 0 Å². The smallest absolute Gasteiger partial charge is 0.302 e. The SMILES string of the molecule is CC(=O)OCC(O)C(O)C(O)CO. The maximum Gasteiger partial charge on any atom is 0.302 e. The second kappa shape index (κ2) is 5.87. The molecule has 0 rings (SSSR count). The van der Waals surface area contributed by atoms with Gasteiger partial charge in [0.2, 0.25) is 0 Å². The van der Waals surface area contributed by atoms with Crippen molar-refractivity contribution in [2.75, 3.05) is 13.2 Å². The largest absolute Gasteiger partial charge is 0.463 e. The van der Waals surface area contributed by atoms with Crippen LogP contribution in [0.15, 0.2) is 0 Å². The number of ether oxygens (including phenoxy) is 1. The minimum absolute atomic E-state index is 0.409. The number of aliphatic hydroxyl groups excluding tert-OH is 4. The van der Waals surface area contributed by atoms with Crippen molar-refractivity contribution in [1.29, 1.82) is 0 Å². The van der Waals surface area contributed by atoms with Crippen LogP contribution in [0.1, 0.15) is 6.92 Å². The predicted molar refractivity (Wildman–Crippen MR) is 41.7 cm³/mol. The third-order valence-electron chi connectivity index (χ3n) is 1.43. The molecule has 13 heavy (non-hydrogen) atoms. The van der Waals surface area contributed by atoms with Crippen LogP contribution in [0.25, 0.3) is 0 Å². The van der Waals surface area contributed by atoms with Crippen LogP contribution in [0, 0.1) is 0 Å². The normalized spacial score (nSPS) is 17.6. The zero-order chi connectivity index (χ0) is 10.4. The first-order valence-electron chi connectivity index (χ1n) is 3.77. The van der Waals surface area contributed by atoms with Crippen molar-refractivity contribution in [3.63, 3.8) is 0 Å². The average Bonchev–Trinajstić information content (AvgIpc) is 2.11. The van der Waals surface area contributed by atoms with E-state index in [0.717, 1.165) is 6.92 Å². The summed E-state index contributed by atoms with van der Waals surface area (Å²) in [6, 6.07) is 0. The molecule has 0 aromatic rings. The summed E-state index contributed by atoms with van der Waals surface area (Å²) in [5.41, 5.74) is 0. The second-order valence-electron chi connectivity index (χ2n) is 2.61. The van der Waals surface area contributed by atoms with Gasteiger partial charge in [-0.15, -0.1) is 0 Å². The lowest BCUT2D eigenvalue weighted by atomic mass is 10.1. The average molecular weight is 194 g/mol. The summed E-state index contributed by atoms with van der Waals surface area (Å²) >= 11 is 0. The first-order chi connectivity index (χ1) is 5.99. The van der Waals surface area contributed by atoms with Crippen LogP contribution in [0.5, 0.6) is 0 Å². The topological polar surface area (TPSA) is 107 Å². The van der Waals surface area contributed by atoms with Gasteiger partial charge in [-0.05, 0) is 0 Å². The second-order valence-corrected chi connectivity index (χ2v) is 2.61. The molecule has 0 saturated heterocycles. The third-order valence-corrected chi connectivity index (χ3v) is 1.43. The lowest BCUT2D eigenvalue weighted by molar-refractivity contribution is -0.149. The monoisotopic (exact) mass is 194 g/mol. The van der Waals surface area contributed by atoms with Crippen molar-refractivity contribution >= 4 is 5.97 Å². The molecular weight excluding hydrogens is 180 g/mol. The molecule has 0 heterocycles. The highest BCUT2D eigenvalue weighted by molar-refractivity contribution is 5.65. The Kier molecular flexibility index (Phi) is 5.56. The Morgan fingerprint density at radius 1 is 1.31 bits per heavy atom. The van der Waals surface area contributed by atoms with Gasteiger partial charge in [-0.1, -0.05) is 0 Å². The molecule has 78 valence electrons. The van der Waals surface area contributed by atoms with Crippen LogP contribution in [0.2, 0.25) is 0 Å². The van der Waals surface area contributed by atoms with Crippen molar-refractivity contribution in [3.8, 4) is 0 Å². The quantitative estimate of drug-likeness (QED) is 0.364. The van der Waals surface area contributed by atoms with E-state index in [2.05, 4.69) is 4.74 Å². The van der Waals surface area contributed by atoms with Crippen LogP contribution in [0.3, 0.4) is 0 Å². The minimum Gasteiger partial charge on any atom is -0.463 e. The van der Waals surface area contributed by atoms with Crippen LogP contribution in [-0.2, 0) is 9.53 Å². The van der Waals surface area contributed by atoms with Crippen molar-refractivity contribution in [2.45, 2.75) is 25.2 Å². The van der Waals surface area contributed by atoms with E-state index in [1.54, 1.807) is 0 Å². The predicted octanol–water partition coefficient (Wildman–Crippen LogP) is -2.38. The third kappa shape index (κ3) is 4.79. The van der Waals surface area contributed by atoms with Crippen molar-refractivity contribution in [1.82, 2.24) is 0 Å². The number of carbonyl (C=O) groups is 1. The number of hydrogen-bond donors (Lipinski definition) is 4. The van der Waals surface area contributed by atoms with Gasteiger partial charge in [-0.2, -0.15) is 0 Å². The first-order valence-corrected chi connectivity index (χ1v) is 3.77. The maximum absolute atomic E-state index is 10.3. The van der Waals surface area contributed by atoms with E-state index in [0.29, 0.717) is 0 Å². The molecule has 0 aromatic heterocycles. The molecule has 3 atom stereocenters. The Labute approximate surface area is 75.4 Å². The fourth-order valence-electron chi connectivity index (χ4n) is 0.666. The maximum atomic E-state index is 10.3. The molecule has 0 bridgehead atoms. The zero-order valence-corrected chi connectivity index (χ0v) is 7.25. The van der Waals surface area contributed by atoms with Gasteiger partial charge in [0.05, 0.1) is 6.61 Å². The van der Waals surface area contributed by atoms with E-state index in [9.17, 15) is 4.79 Å². The molecule has 0 saturated carbocycles. The summed E-state index contributed by atoms with van der Waals surface area (Å²) in [7, 11) is 0. The van der Waals surface area contributed by atoms with Gasteiger partial charge < -0.3 is 25.2 Å². The Hall–Kier alpha value is -0.690. The number of carbonyl (C=O) groups excluding carboxylic acids is 1. The van der Waals surface area contributed by atoms with Crippen molar-refractivity contribution < 1.29 is 30.0 Å². The molecule has 3 unspecified atom stereocenters. The minimum atomic E-state index is -1.52. The Bertz CT molecular complexity index is 159. The van der Waals surface area contributed by atoms with Crippen molar-refractivity contribution in [3.05, 3.63) is 0 Å². The molecule has 0 radical (unpaired) electrons. The molecule has 0 fully saturated rings.